The molecule has 15 heavy (non-hydrogen) atoms. The Balaban J connectivity index is 2.79. The van der Waals surface area contributed by atoms with E-state index in [9.17, 15) is 10.2 Å². The van der Waals surface area contributed by atoms with Crippen molar-refractivity contribution in [2.24, 2.45) is 0 Å². The molecule has 1 aromatic carbocycles. The van der Waals surface area contributed by atoms with Crippen LogP contribution in [0.4, 0.5) is 5.69 Å². The van der Waals surface area contributed by atoms with Gasteiger partial charge in [-0.2, -0.15) is 5.01 Å². The Hall–Kier alpha value is -0.810. The van der Waals surface area contributed by atoms with Crippen molar-refractivity contribution in [3.05, 3.63) is 29.3 Å². The maximum atomic E-state index is 9.40. The molecule has 84 valence electrons. The fraction of sp³-hybridized carbons (Fsp3) is 0.400. The predicted octanol–water partition coefficient (Wildman–Crippen LogP) is 1.65. The number of nitrogens with one attached hydrogen (secondary N) is 1. The smallest absolute Gasteiger partial charge is 0.124 e. The summed E-state index contributed by atoms with van der Waals surface area (Å²) in [6.45, 7) is 3.10. The van der Waals surface area contributed by atoms with Crippen LogP contribution in [0.1, 0.15) is 13.8 Å². The minimum atomic E-state index is -0.818. The number of hydrogen-bond acceptors (Lipinski definition) is 4. The van der Waals surface area contributed by atoms with Crippen LogP contribution < -0.4 is 5.43 Å². The van der Waals surface area contributed by atoms with Crippen LogP contribution in [0.15, 0.2) is 24.3 Å². The lowest BCUT2D eigenvalue weighted by Crippen LogP contribution is -2.44. The summed E-state index contributed by atoms with van der Waals surface area (Å²) >= 11 is 5.93. The van der Waals surface area contributed by atoms with E-state index < -0.39 is 12.5 Å². The zero-order valence-electron chi connectivity index (χ0n) is 8.68. The van der Waals surface area contributed by atoms with Crippen molar-refractivity contribution in [2.75, 3.05) is 5.43 Å². The van der Waals surface area contributed by atoms with Gasteiger partial charge in [0.2, 0.25) is 0 Å². The largest absolute Gasteiger partial charge is 0.377 e. The van der Waals surface area contributed by atoms with Gasteiger partial charge in [0.1, 0.15) is 12.5 Å². The molecule has 1 rings (SSSR count). The number of aliphatic hydroxyl groups excluding tert-OH is 2. The highest BCUT2D eigenvalue weighted by Gasteiger charge is 2.16. The first-order valence-electron chi connectivity index (χ1n) is 4.68. The molecule has 0 fully saturated rings. The van der Waals surface area contributed by atoms with Gasteiger partial charge in [-0.15, -0.1) is 0 Å². The molecule has 0 amide bonds. The maximum Gasteiger partial charge on any atom is 0.124 e. The summed E-state index contributed by atoms with van der Waals surface area (Å²) in [5.41, 5.74) is 3.49. The Labute approximate surface area is 94.1 Å². The molecule has 3 N–H and O–H groups in total. The second-order valence-electron chi connectivity index (χ2n) is 3.26. The molecule has 5 heteroatoms. The first-order valence-corrected chi connectivity index (χ1v) is 5.06. The van der Waals surface area contributed by atoms with Gasteiger partial charge in [-0.05, 0) is 26.0 Å². The molecular formula is C10H15ClN2O2. The van der Waals surface area contributed by atoms with E-state index in [-0.39, 0.29) is 0 Å². The van der Waals surface area contributed by atoms with Crippen LogP contribution in [-0.4, -0.2) is 27.7 Å². The molecule has 0 bridgehead atoms. The number of benzene rings is 1. The van der Waals surface area contributed by atoms with Crippen molar-refractivity contribution in [2.45, 2.75) is 26.3 Å². The normalized spacial score (nSPS) is 15.1. The van der Waals surface area contributed by atoms with E-state index in [1.165, 1.54) is 5.01 Å². The zero-order chi connectivity index (χ0) is 11.4. The summed E-state index contributed by atoms with van der Waals surface area (Å²) in [5, 5.41) is 20.6. The maximum absolute atomic E-state index is 9.40. The Bertz CT molecular complexity index is 310. The fourth-order valence-corrected chi connectivity index (χ4v) is 1.37. The Kier molecular flexibility index (Phi) is 4.35. The number of nitrogens with zero attached hydrogens (tertiary/aromatic N) is 1. The molecule has 1 aromatic rings. The van der Waals surface area contributed by atoms with Gasteiger partial charge < -0.3 is 15.6 Å². The first kappa shape index (κ1) is 12.3. The van der Waals surface area contributed by atoms with Gasteiger partial charge in [0.05, 0.1) is 10.7 Å². The van der Waals surface area contributed by atoms with E-state index in [0.717, 1.165) is 0 Å². The van der Waals surface area contributed by atoms with E-state index in [2.05, 4.69) is 5.43 Å². The minimum absolute atomic E-state index is 0.531. The second-order valence-corrected chi connectivity index (χ2v) is 3.67. The van der Waals surface area contributed by atoms with Crippen molar-refractivity contribution in [1.29, 1.82) is 0 Å². The van der Waals surface area contributed by atoms with Crippen LogP contribution in [0.2, 0.25) is 5.02 Å². The van der Waals surface area contributed by atoms with Gasteiger partial charge >= 0.3 is 0 Å². The van der Waals surface area contributed by atoms with Gasteiger partial charge in [-0.3, -0.25) is 0 Å². The number of halogens is 1. The number of anilines is 1. The van der Waals surface area contributed by atoms with Crippen molar-refractivity contribution < 1.29 is 10.2 Å². The molecule has 0 aliphatic carbocycles. The average Bonchev–Trinajstić information content (AvgIpc) is 2.15. The van der Waals surface area contributed by atoms with E-state index in [4.69, 9.17) is 11.6 Å². The monoisotopic (exact) mass is 230 g/mol. The topological polar surface area (TPSA) is 55.7 Å². The SMILES string of the molecule is CC(O)N(Nc1ccccc1Cl)C(C)O. The van der Waals surface area contributed by atoms with Crippen molar-refractivity contribution >= 4 is 17.3 Å². The van der Waals surface area contributed by atoms with Crippen molar-refractivity contribution in [3.63, 3.8) is 0 Å². The van der Waals surface area contributed by atoms with Crippen LogP contribution in [-0.2, 0) is 0 Å². The molecule has 0 aliphatic rings. The molecule has 0 spiro atoms. The fourth-order valence-electron chi connectivity index (χ4n) is 1.19. The number of para-hydroxylation sites is 1. The van der Waals surface area contributed by atoms with Gasteiger partial charge in [-0.1, -0.05) is 23.7 Å². The van der Waals surface area contributed by atoms with Crippen LogP contribution >= 0.6 is 11.6 Å². The Morgan fingerprint density at radius 1 is 1.20 bits per heavy atom. The van der Waals surface area contributed by atoms with Crippen LogP contribution in [0.5, 0.6) is 0 Å². The van der Waals surface area contributed by atoms with E-state index in [0.29, 0.717) is 10.7 Å². The molecule has 4 nitrogen and oxygen atoms in total. The van der Waals surface area contributed by atoms with Crippen molar-refractivity contribution in [3.8, 4) is 0 Å². The third kappa shape index (κ3) is 3.35. The summed E-state index contributed by atoms with van der Waals surface area (Å²) < 4.78 is 0. The summed E-state index contributed by atoms with van der Waals surface area (Å²) in [7, 11) is 0. The quantitative estimate of drug-likeness (QED) is 0.544. The Morgan fingerprint density at radius 3 is 2.20 bits per heavy atom. The first-order chi connectivity index (χ1) is 7.02. The molecule has 0 saturated carbocycles. The summed E-state index contributed by atoms with van der Waals surface area (Å²) in [5.74, 6) is 0. The number of hydrazine groups is 1. The van der Waals surface area contributed by atoms with Gasteiger partial charge in [0, 0.05) is 0 Å². The standard InChI is InChI=1S/C10H15ClN2O2/c1-7(14)13(8(2)15)12-10-6-4-3-5-9(10)11/h3-8,12,14-15H,1-2H3. The highest BCUT2D eigenvalue weighted by atomic mass is 35.5. The Morgan fingerprint density at radius 2 is 1.73 bits per heavy atom. The lowest BCUT2D eigenvalue weighted by Gasteiger charge is -2.29. The van der Waals surface area contributed by atoms with E-state index >= 15 is 0 Å². The number of rotatable bonds is 4. The van der Waals surface area contributed by atoms with Crippen molar-refractivity contribution in [1.82, 2.24) is 5.01 Å². The molecule has 0 aromatic heterocycles. The van der Waals surface area contributed by atoms with Crippen LogP contribution in [0.25, 0.3) is 0 Å². The van der Waals surface area contributed by atoms with E-state index in [1.54, 1.807) is 26.0 Å². The van der Waals surface area contributed by atoms with Gasteiger partial charge in [0.15, 0.2) is 0 Å². The third-order valence-electron chi connectivity index (χ3n) is 1.93. The lowest BCUT2D eigenvalue weighted by atomic mass is 10.3. The number of hydrogen-bond donors (Lipinski definition) is 3. The molecule has 0 radical (unpaired) electrons. The molecule has 2 atom stereocenters. The average molecular weight is 231 g/mol. The molecule has 0 heterocycles. The molecule has 0 aliphatic heterocycles. The molecular weight excluding hydrogens is 216 g/mol. The zero-order valence-corrected chi connectivity index (χ0v) is 9.44. The van der Waals surface area contributed by atoms with Gasteiger partial charge in [0.25, 0.3) is 0 Å². The summed E-state index contributed by atoms with van der Waals surface area (Å²) in [6.07, 6.45) is -1.64. The minimum Gasteiger partial charge on any atom is -0.377 e. The molecule has 0 saturated heterocycles. The van der Waals surface area contributed by atoms with Crippen LogP contribution in [0, 0.1) is 0 Å². The lowest BCUT2D eigenvalue weighted by molar-refractivity contribution is -0.0671. The number of aliphatic hydroxyl groups is 2. The third-order valence-corrected chi connectivity index (χ3v) is 2.26. The summed E-state index contributed by atoms with van der Waals surface area (Å²) in [6, 6.07) is 7.12. The van der Waals surface area contributed by atoms with Crippen LogP contribution in [0.3, 0.4) is 0 Å². The van der Waals surface area contributed by atoms with E-state index in [1.807, 2.05) is 12.1 Å². The summed E-state index contributed by atoms with van der Waals surface area (Å²) in [4.78, 5) is 0. The highest BCUT2D eigenvalue weighted by molar-refractivity contribution is 6.33. The molecule has 2 unspecified atom stereocenters. The predicted molar refractivity (Wildman–Crippen MR) is 60.3 cm³/mol. The second kappa shape index (κ2) is 5.32. The van der Waals surface area contributed by atoms with Gasteiger partial charge in [-0.25, -0.2) is 0 Å². The highest BCUT2D eigenvalue weighted by Crippen LogP contribution is 2.21.